The number of aromatic nitrogens is 3. The van der Waals surface area contributed by atoms with Crippen LogP contribution in [0.5, 0.6) is 0 Å². The molecule has 11 heteroatoms. The van der Waals surface area contributed by atoms with Crippen LogP contribution < -0.4 is 16.6 Å². The van der Waals surface area contributed by atoms with Gasteiger partial charge < -0.3 is 11.2 Å². The summed E-state index contributed by atoms with van der Waals surface area (Å²) in [5.74, 6) is 6.02. The van der Waals surface area contributed by atoms with E-state index < -0.39 is 23.4 Å². The van der Waals surface area contributed by atoms with Crippen LogP contribution in [0.2, 0.25) is 0 Å². The van der Waals surface area contributed by atoms with Crippen molar-refractivity contribution in [1.82, 2.24) is 30.6 Å². The molecule has 2 aromatic rings. The lowest BCUT2D eigenvalue weighted by Crippen LogP contribution is -2.48. The van der Waals surface area contributed by atoms with Gasteiger partial charge in [0, 0.05) is 5.92 Å². The molecule has 0 spiro atoms. The van der Waals surface area contributed by atoms with E-state index in [1.54, 1.807) is 31.2 Å². The van der Waals surface area contributed by atoms with Gasteiger partial charge in [-0.3, -0.25) is 15.0 Å². The highest BCUT2D eigenvalue weighted by molar-refractivity contribution is 7.99. The summed E-state index contributed by atoms with van der Waals surface area (Å²) in [4.78, 5) is 37.6. The number of nitrogens with one attached hydrogen (secondary N) is 2. The Morgan fingerprint density at radius 3 is 2.65 bits per heavy atom. The van der Waals surface area contributed by atoms with E-state index >= 15 is 0 Å². The largest absolute Gasteiger partial charge is 0.344 e. The van der Waals surface area contributed by atoms with Gasteiger partial charge in [-0.15, -0.1) is 10.2 Å². The number of carbonyl (C=O) groups is 3. The van der Waals surface area contributed by atoms with Gasteiger partial charge in [0.05, 0.1) is 5.75 Å². The summed E-state index contributed by atoms with van der Waals surface area (Å²) < 4.78 is 1.44. The van der Waals surface area contributed by atoms with Gasteiger partial charge in [-0.05, 0) is 25.3 Å². The molecular weight excluding hydrogens is 418 g/mol. The van der Waals surface area contributed by atoms with E-state index in [-0.39, 0.29) is 11.7 Å². The lowest BCUT2D eigenvalue weighted by molar-refractivity contribution is -0.138. The molecule has 0 radical (unpaired) electrons. The second kappa shape index (κ2) is 8.58. The summed E-state index contributed by atoms with van der Waals surface area (Å²) in [5.41, 5.74) is 1.76. The molecule has 1 atom stereocenters. The Morgan fingerprint density at radius 2 is 1.94 bits per heavy atom. The van der Waals surface area contributed by atoms with Crippen molar-refractivity contribution in [3.05, 3.63) is 41.7 Å². The van der Waals surface area contributed by atoms with E-state index in [1.807, 2.05) is 6.07 Å². The fourth-order valence-corrected chi connectivity index (χ4v) is 4.68. The first-order chi connectivity index (χ1) is 14.9. The topological polar surface area (TPSA) is 135 Å². The van der Waals surface area contributed by atoms with Crippen LogP contribution in [0.4, 0.5) is 4.79 Å². The zero-order chi connectivity index (χ0) is 22.0. The Labute approximate surface area is 183 Å². The lowest BCUT2D eigenvalue weighted by Gasteiger charge is -2.22. The summed E-state index contributed by atoms with van der Waals surface area (Å²) in [6.07, 6.45) is 5.59. The Kier molecular flexibility index (Phi) is 5.86. The number of rotatable bonds is 6. The van der Waals surface area contributed by atoms with Gasteiger partial charge in [-0.25, -0.2) is 9.47 Å². The van der Waals surface area contributed by atoms with Gasteiger partial charge in [0.1, 0.15) is 5.54 Å². The highest BCUT2D eigenvalue weighted by atomic mass is 32.2. The van der Waals surface area contributed by atoms with Gasteiger partial charge in [0.2, 0.25) is 11.1 Å². The van der Waals surface area contributed by atoms with Gasteiger partial charge in [-0.1, -0.05) is 61.4 Å². The monoisotopic (exact) mass is 443 g/mol. The van der Waals surface area contributed by atoms with Crippen LogP contribution >= 0.6 is 11.8 Å². The smallest absolute Gasteiger partial charge is 0.336 e. The number of hydrazine groups is 1. The summed E-state index contributed by atoms with van der Waals surface area (Å²) in [6.45, 7) is 1.60. The van der Waals surface area contributed by atoms with Crippen LogP contribution in [0.15, 0.2) is 35.5 Å². The predicted octanol–water partition coefficient (Wildman–Crippen LogP) is 1.63. The Hall–Kier alpha value is -3.08. The third kappa shape index (κ3) is 4.09. The van der Waals surface area contributed by atoms with Crippen LogP contribution in [0, 0.1) is 0 Å². The van der Waals surface area contributed by atoms with Crippen molar-refractivity contribution in [1.29, 1.82) is 0 Å². The van der Waals surface area contributed by atoms with Crippen molar-refractivity contribution in [2.75, 3.05) is 11.6 Å². The molecule has 1 saturated heterocycles. The molecule has 1 unspecified atom stereocenters. The molecule has 1 aromatic carbocycles. The lowest BCUT2D eigenvalue weighted by atomic mass is 9.89. The summed E-state index contributed by atoms with van der Waals surface area (Å²) >= 11 is 1.10. The number of imide groups is 1. The van der Waals surface area contributed by atoms with Gasteiger partial charge in [0.15, 0.2) is 5.82 Å². The maximum Gasteiger partial charge on any atom is 0.344 e. The van der Waals surface area contributed by atoms with Crippen molar-refractivity contribution in [3.63, 3.8) is 0 Å². The molecule has 31 heavy (non-hydrogen) atoms. The molecule has 2 aliphatic rings. The molecule has 10 nitrogen and oxygen atoms in total. The van der Waals surface area contributed by atoms with Crippen molar-refractivity contribution >= 4 is 29.6 Å². The first-order valence-corrected chi connectivity index (χ1v) is 11.2. The van der Waals surface area contributed by atoms with Crippen LogP contribution in [0.1, 0.15) is 56.3 Å². The SMILES string of the molecule is CC1(c2ccccc2)NC(=O)N(NC(=O)CSc2nnc(C3CCCCC3)n2N)C1=O. The number of thioether (sulfide) groups is 1. The third-order valence-electron chi connectivity index (χ3n) is 5.77. The highest BCUT2D eigenvalue weighted by Crippen LogP contribution is 2.32. The predicted molar refractivity (Wildman–Crippen MR) is 114 cm³/mol. The zero-order valence-corrected chi connectivity index (χ0v) is 18.0. The molecule has 1 aliphatic carbocycles. The summed E-state index contributed by atoms with van der Waals surface area (Å²) in [5, 5.41) is 12.1. The zero-order valence-electron chi connectivity index (χ0n) is 17.2. The van der Waals surface area contributed by atoms with Crippen LogP contribution in [0.3, 0.4) is 0 Å². The Morgan fingerprint density at radius 1 is 1.23 bits per heavy atom. The van der Waals surface area contributed by atoms with E-state index in [2.05, 4.69) is 20.9 Å². The fraction of sp³-hybridized carbons (Fsp3) is 0.450. The number of hydrogen-bond donors (Lipinski definition) is 3. The van der Waals surface area contributed by atoms with Crippen LogP contribution in [0.25, 0.3) is 0 Å². The van der Waals surface area contributed by atoms with Crippen LogP contribution in [-0.2, 0) is 15.1 Å². The average Bonchev–Trinajstić information content (AvgIpc) is 3.26. The van der Waals surface area contributed by atoms with Gasteiger partial charge >= 0.3 is 6.03 Å². The number of nitrogens with zero attached hydrogens (tertiary/aromatic N) is 4. The number of nitrogen functional groups attached to an aromatic ring is 1. The molecule has 1 saturated carbocycles. The molecule has 1 aromatic heterocycles. The number of nitrogens with two attached hydrogens (primary N) is 1. The second-order valence-corrected chi connectivity index (χ2v) is 8.87. The van der Waals surface area contributed by atoms with E-state index in [1.165, 1.54) is 11.1 Å². The number of amides is 4. The van der Waals surface area contributed by atoms with Gasteiger partial charge in [-0.2, -0.15) is 5.01 Å². The molecule has 4 N–H and O–H groups in total. The van der Waals surface area contributed by atoms with E-state index in [0.717, 1.165) is 48.3 Å². The third-order valence-corrected chi connectivity index (χ3v) is 6.72. The molecule has 4 rings (SSSR count). The molecule has 2 heterocycles. The number of urea groups is 1. The quantitative estimate of drug-likeness (QED) is 0.351. The molecule has 1 aliphatic heterocycles. The number of carbonyl (C=O) groups excluding carboxylic acids is 3. The van der Waals surface area contributed by atoms with Crippen molar-refractivity contribution < 1.29 is 14.4 Å². The molecule has 4 amide bonds. The summed E-state index contributed by atoms with van der Waals surface area (Å²) in [6, 6.07) is 8.19. The maximum absolute atomic E-state index is 12.9. The standard InChI is InChI=1S/C20H25N7O3S/c1-20(14-10-6-3-7-11-14)17(29)27(18(30)22-20)25-15(28)12-31-19-24-23-16(26(19)21)13-8-4-2-5-9-13/h3,6-7,10-11,13H,2,4-5,8-9,12,21H2,1H3,(H,22,30)(H,25,28). The van der Waals surface area contributed by atoms with Crippen LogP contribution in [-0.4, -0.2) is 43.5 Å². The minimum Gasteiger partial charge on any atom is -0.336 e. The number of hydrogen-bond acceptors (Lipinski definition) is 7. The maximum atomic E-state index is 12.9. The second-order valence-electron chi connectivity index (χ2n) is 7.93. The fourth-order valence-electron chi connectivity index (χ4n) is 4.02. The minimum atomic E-state index is -1.24. The van der Waals surface area contributed by atoms with E-state index in [4.69, 9.17) is 5.84 Å². The normalized spacial score (nSPS) is 21.9. The van der Waals surface area contributed by atoms with Crippen molar-refractivity contribution in [2.45, 2.75) is 55.6 Å². The Bertz CT molecular complexity index is 990. The van der Waals surface area contributed by atoms with Crippen molar-refractivity contribution in [3.8, 4) is 0 Å². The number of benzene rings is 1. The first kappa shape index (κ1) is 21.2. The molecule has 2 fully saturated rings. The van der Waals surface area contributed by atoms with Gasteiger partial charge in [0.25, 0.3) is 5.91 Å². The minimum absolute atomic E-state index is 0.0703. The van der Waals surface area contributed by atoms with E-state index in [0.29, 0.717) is 10.7 Å². The molecule has 0 bridgehead atoms. The first-order valence-electron chi connectivity index (χ1n) is 10.2. The van der Waals surface area contributed by atoms with E-state index in [9.17, 15) is 14.4 Å². The molecular formula is C20H25N7O3S. The van der Waals surface area contributed by atoms with Crippen molar-refractivity contribution in [2.24, 2.45) is 0 Å². The highest BCUT2D eigenvalue weighted by Gasteiger charge is 2.49. The molecule has 164 valence electrons. The summed E-state index contributed by atoms with van der Waals surface area (Å²) in [7, 11) is 0. The average molecular weight is 444 g/mol. The Balaban J connectivity index is 1.37.